The number of aryl methyl sites for hydroxylation is 1. The van der Waals surface area contributed by atoms with Crippen LogP contribution in [-0.4, -0.2) is 21.2 Å². The van der Waals surface area contributed by atoms with Crippen LogP contribution in [0.1, 0.15) is 21.9 Å². The highest BCUT2D eigenvalue weighted by atomic mass is 16.5. The molecule has 0 fully saturated rings. The number of carboxylic acids is 1. The van der Waals surface area contributed by atoms with Crippen molar-refractivity contribution >= 4 is 11.7 Å². The second kappa shape index (κ2) is 4.65. The molecule has 0 aliphatic rings. The first kappa shape index (κ1) is 11.1. The second-order valence-corrected chi connectivity index (χ2v) is 3.52. The number of carbonyl (C=O) groups is 1. The van der Waals surface area contributed by atoms with Crippen molar-refractivity contribution in [3.8, 4) is 0 Å². The Balaban J connectivity index is 1.97. The number of pyridine rings is 1. The van der Waals surface area contributed by atoms with Crippen molar-refractivity contribution in [1.29, 1.82) is 0 Å². The summed E-state index contributed by atoms with van der Waals surface area (Å²) in [5.41, 5.74) is 1.54. The van der Waals surface area contributed by atoms with Gasteiger partial charge in [0.15, 0.2) is 0 Å². The van der Waals surface area contributed by atoms with Gasteiger partial charge in [0.1, 0.15) is 17.1 Å². The van der Waals surface area contributed by atoms with Crippen molar-refractivity contribution in [2.75, 3.05) is 5.32 Å². The molecule has 0 saturated carbocycles. The van der Waals surface area contributed by atoms with Crippen molar-refractivity contribution in [2.45, 2.75) is 13.5 Å². The summed E-state index contributed by atoms with van der Waals surface area (Å²) in [5.74, 6) is -0.287. The molecule has 0 bridgehead atoms. The number of rotatable bonds is 4. The Morgan fingerprint density at radius 1 is 1.53 bits per heavy atom. The highest BCUT2D eigenvalue weighted by Crippen LogP contribution is 2.09. The number of aromatic carboxylic acids is 1. The number of anilines is 1. The molecule has 0 saturated heterocycles. The third kappa shape index (κ3) is 2.81. The minimum absolute atomic E-state index is 0.0211. The lowest BCUT2D eigenvalue weighted by Gasteiger charge is -2.03. The zero-order chi connectivity index (χ0) is 12.3. The monoisotopic (exact) mass is 233 g/mol. The molecular formula is C11H11N3O3. The number of hydrogen-bond acceptors (Lipinski definition) is 5. The lowest BCUT2D eigenvalue weighted by atomic mass is 10.3. The van der Waals surface area contributed by atoms with Gasteiger partial charge in [0, 0.05) is 6.07 Å². The van der Waals surface area contributed by atoms with Crippen LogP contribution in [0.4, 0.5) is 5.69 Å². The van der Waals surface area contributed by atoms with Gasteiger partial charge in [0.25, 0.3) is 0 Å². The van der Waals surface area contributed by atoms with Crippen molar-refractivity contribution < 1.29 is 14.4 Å². The number of nitrogens with one attached hydrogen (secondary N) is 1. The molecule has 17 heavy (non-hydrogen) atoms. The molecule has 88 valence electrons. The lowest BCUT2D eigenvalue weighted by Crippen LogP contribution is -2.03. The molecule has 0 aliphatic carbocycles. The van der Waals surface area contributed by atoms with Gasteiger partial charge in [-0.1, -0.05) is 5.16 Å². The van der Waals surface area contributed by atoms with Crippen LogP contribution < -0.4 is 5.32 Å². The summed E-state index contributed by atoms with van der Waals surface area (Å²) in [5, 5.41) is 15.6. The minimum atomic E-state index is -1.04. The standard InChI is InChI=1S/C11H11N3O3/c1-7-4-9(14-17-7)6-12-8-2-3-10(11(15)16)13-5-8/h2-5,12H,6H2,1H3,(H,15,16). The molecule has 2 aromatic heterocycles. The van der Waals surface area contributed by atoms with Gasteiger partial charge in [-0.05, 0) is 19.1 Å². The Kier molecular flexibility index (Phi) is 3.04. The molecular weight excluding hydrogens is 222 g/mol. The smallest absolute Gasteiger partial charge is 0.354 e. The van der Waals surface area contributed by atoms with E-state index in [9.17, 15) is 4.79 Å². The van der Waals surface area contributed by atoms with Gasteiger partial charge in [-0.3, -0.25) is 0 Å². The molecule has 2 heterocycles. The van der Waals surface area contributed by atoms with Gasteiger partial charge in [-0.2, -0.15) is 0 Å². The van der Waals surface area contributed by atoms with Crippen LogP contribution in [-0.2, 0) is 6.54 Å². The Bertz CT molecular complexity index is 519. The topological polar surface area (TPSA) is 88.2 Å². The van der Waals surface area contributed by atoms with E-state index in [4.69, 9.17) is 9.63 Å². The number of hydrogen-bond donors (Lipinski definition) is 2. The van der Waals surface area contributed by atoms with Crippen LogP contribution in [0.5, 0.6) is 0 Å². The van der Waals surface area contributed by atoms with Gasteiger partial charge in [-0.25, -0.2) is 9.78 Å². The van der Waals surface area contributed by atoms with Crippen molar-refractivity contribution in [3.63, 3.8) is 0 Å². The van der Waals surface area contributed by atoms with E-state index in [1.165, 1.54) is 12.3 Å². The Hall–Kier alpha value is -2.37. The summed E-state index contributed by atoms with van der Waals surface area (Å²) in [7, 11) is 0. The molecule has 2 aromatic rings. The predicted molar refractivity (Wildman–Crippen MR) is 59.8 cm³/mol. The van der Waals surface area contributed by atoms with E-state index in [0.29, 0.717) is 6.54 Å². The van der Waals surface area contributed by atoms with Crippen molar-refractivity contribution in [3.05, 3.63) is 41.5 Å². The van der Waals surface area contributed by atoms with E-state index in [0.717, 1.165) is 17.1 Å². The summed E-state index contributed by atoms with van der Waals surface area (Å²) < 4.78 is 4.92. The van der Waals surface area contributed by atoms with Gasteiger partial charge in [0.2, 0.25) is 0 Å². The average molecular weight is 233 g/mol. The first-order chi connectivity index (χ1) is 8.15. The fourth-order valence-electron chi connectivity index (χ4n) is 1.32. The summed E-state index contributed by atoms with van der Waals surface area (Å²) in [6.07, 6.45) is 1.47. The molecule has 0 atom stereocenters. The first-order valence-corrected chi connectivity index (χ1v) is 5.00. The number of aromatic nitrogens is 2. The molecule has 6 nitrogen and oxygen atoms in total. The van der Waals surface area contributed by atoms with E-state index < -0.39 is 5.97 Å². The van der Waals surface area contributed by atoms with Crippen LogP contribution in [0.2, 0.25) is 0 Å². The normalized spacial score (nSPS) is 10.2. The molecule has 0 radical (unpaired) electrons. The molecule has 0 aromatic carbocycles. The molecule has 2 N–H and O–H groups in total. The maximum Gasteiger partial charge on any atom is 0.354 e. The Morgan fingerprint density at radius 3 is 2.88 bits per heavy atom. The highest BCUT2D eigenvalue weighted by molar-refractivity contribution is 5.85. The number of nitrogens with zero attached hydrogens (tertiary/aromatic N) is 2. The van der Waals surface area contributed by atoms with Gasteiger partial charge < -0.3 is 14.9 Å². The van der Waals surface area contributed by atoms with Gasteiger partial charge in [0.05, 0.1) is 18.4 Å². The van der Waals surface area contributed by atoms with E-state index >= 15 is 0 Å². The molecule has 6 heteroatoms. The fourth-order valence-corrected chi connectivity index (χ4v) is 1.32. The number of carboxylic acid groups (broad SMARTS) is 1. The highest BCUT2D eigenvalue weighted by Gasteiger charge is 2.04. The maximum absolute atomic E-state index is 10.6. The summed E-state index contributed by atoms with van der Waals surface area (Å²) in [6.45, 7) is 2.32. The summed E-state index contributed by atoms with van der Waals surface area (Å²) >= 11 is 0. The zero-order valence-electron chi connectivity index (χ0n) is 9.17. The van der Waals surface area contributed by atoms with Crippen molar-refractivity contribution in [2.24, 2.45) is 0 Å². The van der Waals surface area contributed by atoms with Crippen LogP contribution in [0.15, 0.2) is 28.9 Å². The van der Waals surface area contributed by atoms with Crippen LogP contribution in [0.25, 0.3) is 0 Å². The molecule has 0 spiro atoms. The Morgan fingerprint density at radius 2 is 2.35 bits per heavy atom. The molecule has 0 unspecified atom stereocenters. The van der Waals surface area contributed by atoms with Crippen molar-refractivity contribution in [1.82, 2.24) is 10.1 Å². The van der Waals surface area contributed by atoms with Crippen LogP contribution in [0.3, 0.4) is 0 Å². The molecule has 0 amide bonds. The van der Waals surface area contributed by atoms with Gasteiger partial charge in [-0.15, -0.1) is 0 Å². The zero-order valence-corrected chi connectivity index (χ0v) is 9.17. The lowest BCUT2D eigenvalue weighted by molar-refractivity contribution is 0.0690. The quantitative estimate of drug-likeness (QED) is 0.835. The maximum atomic E-state index is 10.6. The van der Waals surface area contributed by atoms with Crippen LogP contribution in [0, 0.1) is 6.92 Å². The third-order valence-electron chi connectivity index (χ3n) is 2.13. The Labute approximate surface area is 97.3 Å². The summed E-state index contributed by atoms with van der Waals surface area (Å²) in [6, 6.07) is 4.92. The van der Waals surface area contributed by atoms with E-state index in [2.05, 4.69) is 15.5 Å². The molecule has 0 aliphatic heterocycles. The summed E-state index contributed by atoms with van der Waals surface area (Å²) in [4.78, 5) is 14.4. The van der Waals surface area contributed by atoms with E-state index in [1.54, 1.807) is 6.07 Å². The minimum Gasteiger partial charge on any atom is -0.477 e. The second-order valence-electron chi connectivity index (χ2n) is 3.52. The predicted octanol–water partition coefficient (Wildman–Crippen LogP) is 1.69. The third-order valence-corrected chi connectivity index (χ3v) is 2.13. The van der Waals surface area contributed by atoms with Crippen LogP contribution >= 0.6 is 0 Å². The largest absolute Gasteiger partial charge is 0.477 e. The fraction of sp³-hybridized carbons (Fsp3) is 0.182. The average Bonchev–Trinajstić information content (AvgIpc) is 2.73. The van der Waals surface area contributed by atoms with Gasteiger partial charge >= 0.3 is 5.97 Å². The van der Waals surface area contributed by atoms with E-state index in [1.807, 2.05) is 13.0 Å². The van der Waals surface area contributed by atoms with E-state index in [-0.39, 0.29) is 5.69 Å². The molecule has 2 rings (SSSR count). The SMILES string of the molecule is Cc1cc(CNc2ccc(C(=O)O)nc2)no1. The first-order valence-electron chi connectivity index (χ1n) is 5.00.